The Hall–Kier alpha value is -1.14. The van der Waals surface area contributed by atoms with Crippen molar-refractivity contribution in [2.24, 2.45) is 11.8 Å². The second-order valence-electron chi connectivity index (χ2n) is 16.0. The van der Waals surface area contributed by atoms with Crippen molar-refractivity contribution in [2.75, 3.05) is 39.5 Å². The van der Waals surface area contributed by atoms with E-state index >= 15 is 0 Å². The van der Waals surface area contributed by atoms with E-state index in [-0.39, 0.29) is 18.5 Å². The van der Waals surface area contributed by atoms with Crippen molar-refractivity contribution in [1.29, 1.82) is 0 Å². The highest BCUT2D eigenvalue weighted by Crippen LogP contribution is 2.21. The number of hydrogen-bond donors (Lipinski definition) is 1. The molecule has 0 saturated carbocycles. The van der Waals surface area contributed by atoms with E-state index in [9.17, 15) is 14.7 Å². The zero-order valence-electron chi connectivity index (χ0n) is 35.9. The molecule has 0 aliphatic rings. The van der Waals surface area contributed by atoms with Gasteiger partial charge in [-0.15, -0.1) is 0 Å². The van der Waals surface area contributed by atoms with Crippen molar-refractivity contribution < 1.29 is 24.2 Å². The van der Waals surface area contributed by atoms with Crippen LogP contribution in [0, 0.1) is 11.8 Å². The van der Waals surface area contributed by atoms with E-state index < -0.39 is 0 Å². The molecule has 1 N–H and O–H groups in total. The summed E-state index contributed by atoms with van der Waals surface area (Å²) in [4.78, 5) is 25.1. The third kappa shape index (κ3) is 43.3. The summed E-state index contributed by atoms with van der Waals surface area (Å²) in [5, 5.41) is 9.42. The van der Waals surface area contributed by atoms with Crippen molar-refractivity contribution in [1.82, 2.24) is 4.90 Å². The van der Waals surface area contributed by atoms with Crippen LogP contribution in [0.25, 0.3) is 0 Å². The molecule has 312 valence electrons. The Balaban J connectivity index is 0. The molecule has 0 fully saturated rings. The summed E-state index contributed by atoms with van der Waals surface area (Å²) in [5.41, 5.74) is 0. The number of aliphatic hydroxyl groups is 1. The van der Waals surface area contributed by atoms with Crippen LogP contribution in [0.3, 0.4) is 0 Å². The van der Waals surface area contributed by atoms with Gasteiger partial charge in [-0.05, 0) is 57.5 Å². The highest BCUT2D eigenvalue weighted by Gasteiger charge is 2.19. The van der Waals surface area contributed by atoms with Gasteiger partial charge in [0.25, 0.3) is 6.47 Å². The standard InChI is InChI=1S/C36H73NO3.C10H20O2/c1-5-7-9-11-14-21-27-35(28-22-15-12-10-8-6-2)36(39)40-33-25-19-13-17-23-29-37(31-32-38)30-24-18-16-20-26-34(3)4;1-2-3-4-5-6-7-8-9-12-10-11/h34-35,38H,5-33H2,1-4H3;10H,2-9H2,1H3. The number of hydrogen-bond acceptors (Lipinski definition) is 6. The molecule has 52 heavy (non-hydrogen) atoms. The Labute approximate surface area is 325 Å². The average molecular weight is 740 g/mol. The maximum atomic E-state index is 12.9. The average Bonchev–Trinajstić information content (AvgIpc) is 3.13. The van der Waals surface area contributed by atoms with Gasteiger partial charge in [0.2, 0.25) is 0 Å². The Morgan fingerprint density at radius 1 is 0.519 bits per heavy atom. The number of rotatable bonds is 41. The summed E-state index contributed by atoms with van der Waals surface area (Å²) in [6, 6.07) is 0. The van der Waals surface area contributed by atoms with Crippen LogP contribution in [-0.2, 0) is 19.1 Å². The Bertz CT molecular complexity index is 672. The van der Waals surface area contributed by atoms with Gasteiger partial charge in [-0.25, -0.2) is 0 Å². The van der Waals surface area contributed by atoms with Crippen molar-refractivity contribution in [3.8, 4) is 0 Å². The van der Waals surface area contributed by atoms with Crippen LogP contribution in [0.1, 0.15) is 234 Å². The fraction of sp³-hybridized carbons (Fsp3) is 0.957. The van der Waals surface area contributed by atoms with Gasteiger partial charge in [0.1, 0.15) is 0 Å². The van der Waals surface area contributed by atoms with Crippen molar-refractivity contribution >= 4 is 12.4 Å². The molecule has 0 unspecified atom stereocenters. The molecular weight excluding hydrogens is 647 g/mol. The number of carbonyl (C=O) groups is 2. The van der Waals surface area contributed by atoms with Gasteiger partial charge in [0, 0.05) is 6.54 Å². The quantitative estimate of drug-likeness (QED) is 0.0382. The van der Waals surface area contributed by atoms with Gasteiger partial charge in [0.05, 0.1) is 25.7 Å². The lowest BCUT2D eigenvalue weighted by molar-refractivity contribution is -0.149. The predicted molar refractivity (Wildman–Crippen MR) is 225 cm³/mol. The Morgan fingerprint density at radius 3 is 1.33 bits per heavy atom. The molecule has 0 aromatic rings. The molecule has 0 aliphatic heterocycles. The normalized spacial score (nSPS) is 11.3. The maximum Gasteiger partial charge on any atom is 0.308 e. The van der Waals surface area contributed by atoms with E-state index in [1.54, 1.807) is 0 Å². The SMILES string of the molecule is CCCCCCCCC(CCCCCCCC)C(=O)OCCCCCCCN(CCO)CCCCCCC(C)C.CCCCCCCCCOC=O. The van der Waals surface area contributed by atoms with Crippen LogP contribution in [0.15, 0.2) is 0 Å². The molecule has 0 aromatic carbocycles. The zero-order valence-corrected chi connectivity index (χ0v) is 35.9. The Kier molecular flexibility index (Phi) is 46.9. The van der Waals surface area contributed by atoms with Gasteiger partial charge in [-0.1, -0.05) is 195 Å². The lowest BCUT2D eigenvalue weighted by Crippen LogP contribution is -2.29. The van der Waals surface area contributed by atoms with Crippen LogP contribution in [0.5, 0.6) is 0 Å². The van der Waals surface area contributed by atoms with E-state index in [0.717, 1.165) is 57.7 Å². The molecule has 0 atom stereocenters. The van der Waals surface area contributed by atoms with Gasteiger partial charge in [-0.3, -0.25) is 9.59 Å². The van der Waals surface area contributed by atoms with Crippen LogP contribution in [0.2, 0.25) is 0 Å². The van der Waals surface area contributed by atoms with Crippen LogP contribution >= 0.6 is 0 Å². The molecule has 6 heteroatoms. The number of nitrogens with zero attached hydrogens (tertiary/aromatic N) is 1. The van der Waals surface area contributed by atoms with Crippen molar-refractivity contribution in [3.63, 3.8) is 0 Å². The summed E-state index contributed by atoms with van der Waals surface area (Å²) < 4.78 is 10.4. The van der Waals surface area contributed by atoms with Gasteiger partial charge >= 0.3 is 5.97 Å². The first-order valence-electron chi connectivity index (χ1n) is 23.0. The van der Waals surface area contributed by atoms with E-state index in [4.69, 9.17) is 4.74 Å². The summed E-state index contributed by atoms with van der Waals surface area (Å²) in [7, 11) is 0. The monoisotopic (exact) mass is 740 g/mol. The zero-order chi connectivity index (χ0) is 38.6. The summed E-state index contributed by atoms with van der Waals surface area (Å²) in [6.07, 6.45) is 38.6. The van der Waals surface area contributed by atoms with Gasteiger partial charge < -0.3 is 19.5 Å². The van der Waals surface area contributed by atoms with Crippen LogP contribution in [0.4, 0.5) is 0 Å². The molecule has 0 heterocycles. The third-order valence-corrected chi connectivity index (χ3v) is 10.4. The summed E-state index contributed by atoms with van der Waals surface area (Å²) in [5.74, 6) is 1.01. The first-order valence-corrected chi connectivity index (χ1v) is 23.0. The highest BCUT2D eigenvalue weighted by molar-refractivity contribution is 5.72. The van der Waals surface area contributed by atoms with Gasteiger partial charge in [0.15, 0.2) is 0 Å². The van der Waals surface area contributed by atoms with Crippen molar-refractivity contribution in [2.45, 2.75) is 234 Å². The van der Waals surface area contributed by atoms with Crippen LogP contribution in [-0.4, -0.2) is 61.9 Å². The number of unbranched alkanes of at least 4 members (excludes halogenated alkanes) is 23. The largest absolute Gasteiger partial charge is 0.468 e. The van der Waals surface area contributed by atoms with Gasteiger partial charge in [-0.2, -0.15) is 0 Å². The summed E-state index contributed by atoms with van der Waals surface area (Å²) >= 11 is 0. The lowest BCUT2D eigenvalue weighted by Gasteiger charge is -2.21. The summed E-state index contributed by atoms with van der Waals surface area (Å²) in [6.45, 7) is 16.4. The van der Waals surface area contributed by atoms with E-state index in [1.165, 1.54) is 167 Å². The molecule has 0 bridgehead atoms. The van der Waals surface area contributed by atoms with E-state index in [2.05, 4.69) is 44.3 Å². The topological polar surface area (TPSA) is 76.1 Å². The first-order chi connectivity index (χ1) is 25.5. The number of esters is 1. The lowest BCUT2D eigenvalue weighted by atomic mass is 9.94. The minimum absolute atomic E-state index is 0.0750. The predicted octanol–water partition coefficient (Wildman–Crippen LogP) is 13.4. The Morgan fingerprint density at radius 2 is 0.904 bits per heavy atom. The van der Waals surface area contributed by atoms with E-state index in [0.29, 0.717) is 19.7 Å². The minimum Gasteiger partial charge on any atom is -0.468 e. The highest BCUT2D eigenvalue weighted by atomic mass is 16.5. The minimum atomic E-state index is 0.0750. The number of ether oxygens (including phenoxy) is 2. The fourth-order valence-corrected chi connectivity index (χ4v) is 6.89. The second-order valence-corrected chi connectivity index (χ2v) is 16.0. The van der Waals surface area contributed by atoms with E-state index in [1.807, 2.05) is 0 Å². The first kappa shape index (κ1) is 53.0. The molecule has 0 spiro atoms. The molecule has 6 nitrogen and oxygen atoms in total. The van der Waals surface area contributed by atoms with Crippen molar-refractivity contribution in [3.05, 3.63) is 0 Å². The molecule has 0 saturated heterocycles. The molecular formula is C46H93NO5. The molecule has 0 amide bonds. The van der Waals surface area contributed by atoms with Crippen LogP contribution < -0.4 is 0 Å². The number of aliphatic hydroxyl groups excluding tert-OH is 1. The molecule has 0 radical (unpaired) electrons. The molecule has 0 aromatic heterocycles. The molecule has 0 aliphatic carbocycles. The smallest absolute Gasteiger partial charge is 0.308 e. The maximum absolute atomic E-state index is 12.9. The second kappa shape index (κ2) is 46.0. The fourth-order valence-electron chi connectivity index (χ4n) is 6.89. The third-order valence-electron chi connectivity index (χ3n) is 10.4. The molecule has 0 rings (SSSR count). The number of carbonyl (C=O) groups excluding carboxylic acids is 2.